The third-order valence-electron chi connectivity index (χ3n) is 3.77. The van der Waals surface area contributed by atoms with Crippen LogP contribution in [0.5, 0.6) is 11.5 Å². The van der Waals surface area contributed by atoms with Gasteiger partial charge in [-0.25, -0.2) is 0 Å². The largest absolute Gasteiger partial charge is 0.508 e. The number of carbonyl (C=O) groups is 1. The molecule has 0 aliphatic heterocycles. The molecule has 3 rings (SSSR count). The second kappa shape index (κ2) is 7.53. The van der Waals surface area contributed by atoms with Crippen LogP contribution in [0.1, 0.15) is 16.1 Å². The van der Waals surface area contributed by atoms with Gasteiger partial charge in [0.25, 0.3) is 5.91 Å². The Kier molecular flexibility index (Phi) is 4.99. The van der Waals surface area contributed by atoms with Crippen LogP contribution in [0.15, 0.2) is 59.1 Å². The molecule has 0 fully saturated rings. The molecular formula is C19H18N2O4. The van der Waals surface area contributed by atoms with Crippen LogP contribution in [0.4, 0.5) is 0 Å². The number of aromatic hydroxyl groups is 1. The Morgan fingerprint density at radius 3 is 2.84 bits per heavy atom. The second-order valence-corrected chi connectivity index (χ2v) is 5.44. The van der Waals surface area contributed by atoms with Gasteiger partial charge in [-0.05, 0) is 30.2 Å². The van der Waals surface area contributed by atoms with Crippen LogP contribution in [0.25, 0.3) is 11.3 Å². The summed E-state index contributed by atoms with van der Waals surface area (Å²) in [7, 11) is 1.59. The van der Waals surface area contributed by atoms with E-state index in [9.17, 15) is 9.90 Å². The Morgan fingerprint density at radius 1 is 1.20 bits per heavy atom. The lowest BCUT2D eigenvalue weighted by Crippen LogP contribution is -2.25. The molecule has 0 bridgehead atoms. The number of methoxy groups -OCH3 is 1. The fourth-order valence-electron chi connectivity index (χ4n) is 2.42. The number of aromatic nitrogens is 1. The van der Waals surface area contributed by atoms with Crippen molar-refractivity contribution in [2.45, 2.75) is 6.42 Å². The lowest BCUT2D eigenvalue weighted by molar-refractivity contribution is 0.0945. The number of nitrogens with one attached hydrogen (secondary N) is 1. The minimum Gasteiger partial charge on any atom is -0.508 e. The van der Waals surface area contributed by atoms with Crippen LogP contribution < -0.4 is 10.1 Å². The molecular weight excluding hydrogens is 320 g/mol. The number of nitrogens with zero attached hydrogens (tertiary/aromatic N) is 1. The van der Waals surface area contributed by atoms with E-state index in [0.29, 0.717) is 24.5 Å². The Balaban J connectivity index is 1.61. The van der Waals surface area contributed by atoms with Crippen molar-refractivity contribution >= 4 is 5.91 Å². The van der Waals surface area contributed by atoms with Crippen LogP contribution in [-0.2, 0) is 6.42 Å². The Morgan fingerprint density at radius 2 is 2.04 bits per heavy atom. The van der Waals surface area contributed by atoms with Crippen molar-refractivity contribution in [1.82, 2.24) is 10.5 Å². The Hall–Kier alpha value is -3.28. The second-order valence-electron chi connectivity index (χ2n) is 5.44. The van der Waals surface area contributed by atoms with E-state index in [1.54, 1.807) is 31.4 Å². The summed E-state index contributed by atoms with van der Waals surface area (Å²) in [4.78, 5) is 12.2. The van der Waals surface area contributed by atoms with Gasteiger partial charge in [0.2, 0.25) is 0 Å². The molecule has 0 aliphatic rings. The van der Waals surface area contributed by atoms with Gasteiger partial charge in [0.05, 0.1) is 7.11 Å². The predicted octanol–water partition coefficient (Wildman–Crippen LogP) is 3.03. The first-order chi connectivity index (χ1) is 12.2. The van der Waals surface area contributed by atoms with Gasteiger partial charge in [0.1, 0.15) is 11.5 Å². The Labute approximate surface area is 145 Å². The van der Waals surface area contributed by atoms with Crippen molar-refractivity contribution in [1.29, 1.82) is 0 Å². The number of benzene rings is 2. The third-order valence-corrected chi connectivity index (χ3v) is 3.77. The lowest BCUT2D eigenvalue weighted by atomic mass is 10.1. The number of amides is 1. The molecule has 3 aromatic rings. The highest BCUT2D eigenvalue weighted by atomic mass is 16.5. The van der Waals surface area contributed by atoms with E-state index < -0.39 is 0 Å². The molecule has 1 heterocycles. The summed E-state index contributed by atoms with van der Waals surface area (Å²) in [5.74, 6) is 1.08. The van der Waals surface area contributed by atoms with Gasteiger partial charge in [-0.2, -0.15) is 0 Å². The minimum atomic E-state index is -0.326. The SMILES string of the molecule is COc1cccc(-c2cc(C(=O)NCCc3ccccc3O)no2)c1. The molecule has 1 aromatic heterocycles. The molecule has 6 heteroatoms. The van der Waals surface area contributed by atoms with Crippen molar-refractivity contribution in [2.24, 2.45) is 0 Å². The quantitative estimate of drug-likeness (QED) is 0.722. The van der Waals surface area contributed by atoms with Crippen molar-refractivity contribution in [2.75, 3.05) is 13.7 Å². The molecule has 0 spiro atoms. The molecule has 0 atom stereocenters. The molecule has 0 saturated carbocycles. The Bertz CT molecular complexity index is 873. The number of carbonyl (C=O) groups excluding carboxylic acids is 1. The van der Waals surface area contributed by atoms with Crippen molar-refractivity contribution < 1.29 is 19.2 Å². The molecule has 0 unspecified atom stereocenters. The van der Waals surface area contributed by atoms with Crippen LogP contribution in [-0.4, -0.2) is 29.8 Å². The molecule has 0 aliphatic carbocycles. The zero-order valence-electron chi connectivity index (χ0n) is 13.7. The van der Waals surface area contributed by atoms with Gasteiger partial charge in [-0.3, -0.25) is 4.79 Å². The molecule has 6 nitrogen and oxygen atoms in total. The first-order valence-corrected chi connectivity index (χ1v) is 7.83. The summed E-state index contributed by atoms with van der Waals surface area (Å²) >= 11 is 0. The highest BCUT2D eigenvalue weighted by molar-refractivity contribution is 5.93. The van der Waals surface area contributed by atoms with Gasteiger partial charge in [0, 0.05) is 18.2 Å². The number of hydrogen-bond acceptors (Lipinski definition) is 5. The average Bonchev–Trinajstić information content (AvgIpc) is 3.13. The summed E-state index contributed by atoms with van der Waals surface area (Å²) < 4.78 is 10.4. The maximum atomic E-state index is 12.2. The fraction of sp³-hybridized carbons (Fsp3) is 0.158. The first-order valence-electron chi connectivity index (χ1n) is 7.83. The van der Waals surface area contributed by atoms with Crippen LogP contribution in [0, 0.1) is 0 Å². The van der Waals surface area contributed by atoms with Crippen LogP contribution in [0.2, 0.25) is 0 Å². The maximum absolute atomic E-state index is 12.2. The molecule has 2 N–H and O–H groups in total. The van der Waals surface area contributed by atoms with E-state index in [1.165, 1.54) is 0 Å². The summed E-state index contributed by atoms with van der Waals surface area (Å²) in [5, 5.41) is 16.3. The van der Waals surface area contributed by atoms with E-state index >= 15 is 0 Å². The maximum Gasteiger partial charge on any atom is 0.273 e. The first kappa shape index (κ1) is 16.6. The van der Waals surface area contributed by atoms with Crippen LogP contribution >= 0.6 is 0 Å². The van der Waals surface area contributed by atoms with Gasteiger partial charge >= 0.3 is 0 Å². The number of phenols is 1. The standard InChI is InChI=1S/C19H18N2O4/c1-24-15-7-4-6-14(11-15)18-12-16(21-25-18)19(23)20-10-9-13-5-2-3-8-17(13)22/h2-8,11-12,22H,9-10H2,1H3,(H,20,23). The van der Waals surface area contributed by atoms with Gasteiger partial charge in [-0.15, -0.1) is 0 Å². The van der Waals surface area contributed by atoms with Gasteiger partial charge in [0.15, 0.2) is 11.5 Å². The average molecular weight is 338 g/mol. The third kappa shape index (κ3) is 3.98. The van der Waals surface area contributed by atoms with Crippen molar-refractivity contribution in [3.63, 3.8) is 0 Å². The zero-order chi connectivity index (χ0) is 17.6. The summed E-state index contributed by atoms with van der Waals surface area (Å²) in [6.45, 7) is 0.387. The van der Waals surface area contributed by atoms with E-state index in [0.717, 1.165) is 11.1 Å². The number of hydrogen-bond donors (Lipinski definition) is 2. The molecule has 0 saturated heterocycles. The number of rotatable bonds is 6. The summed E-state index contributed by atoms with van der Waals surface area (Å²) in [5.41, 5.74) is 1.76. The van der Waals surface area contributed by atoms with E-state index in [1.807, 2.05) is 30.3 Å². The molecule has 2 aromatic carbocycles. The predicted molar refractivity (Wildman–Crippen MR) is 92.6 cm³/mol. The van der Waals surface area contributed by atoms with E-state index in [-0.39, 0.29) is 17.4 Å². The van der Waals surface area contributed by atoms with Crippen LogP contribution in [0.3, 0.4) is 0 Å². The van der Waals surface area contributed by atoms with Gasteiger partial charge in [-0.1, -0.05) is 35.5 Å². The van der Waals surface area contributed by atoms with E-state index in [4.69, 9.17) is 9.26 Å². The molecule has 0 radical (unpaired) electrons. The number of para-hydroxylation sites is 1. The highest BCUT2D eigenvalue weighted by Gasteiger charge is 2.14. The minimum absolute atomic E-state index is 0.204. The smallest absolute Gasteiger partial charge is 0.273 e. The number of phenolic OH excluding ortho intramolecular Hbond substituents is 1. The molecule has 1 amide bonds. The van der Waals surface area contributed by atoms with Crippen molar-refractivity contribution in [3.05, 3.63) is 65.9 Å². The highest BCUT2D eigenvalue weighted by Crippen LogP contribution is 2.24. The fourth-order valence-corrected chi connectivity index (χ4v) is 2.42. The molecule has 128 valence electrons. The lowest BCUT2D eigenvalue weighted by Gasteiger charge is -2.05. The zero-order valence-corrected chi connectivity index (χ0v) is 13.7. The van der Waals surface area contributed by atoms with Gasteiger partial charge < -0.3 is 19.7 Å². The van der Waals surface area contributed by atoms with E-state index in [2.05, 4.69) is 10.5 Å². The monoisotopic (exact) mass is 338 g/mol. The summed E-state index contributed by atoms with van der Waals surface area (Å²) in [6.07, 6.45) is 0.527. The number of ether oxygens (including phenoxy) is 1. The molecule has 25 heavy (non-hydrogen) atoms. The topological polar surface area (TPSA) is 84.6 Å². The summed E-state index contributed by atoms with van der Waals surface area (Å²) in [6, 6.07) is 15.9. The van der Waals surface area contributed by atoms with Crippen molar-refractivity contribution in [3.8, 4) is 22.8 Å². The normalized spacial score (nSPS) is 10.4.